The molecule has 1 heterocycles. The fraction of sp³-hybridized carbons (Fsp3) is 0.412. The van der Waals surface area contributed by atoms with Crippen molar-refractivity contribution in [3.05, 3.63) is 52.5 Å². The van der Waals surface area contributed by atoms with Crippen LogP contribution in [-0.2, 0) is 10.0 Å². The van der Waals surface area contributed by atoms with E-state index in [9.17, 15) is 13.5 Å². The van der Waals surface area contributed by atoms with Gasteiger partial charge in [-0.3, -0.25) is 0 Å². The molecule has 6 heteroatoms. The van der Waals surface area contributed by atoms with Crippen LogP contribution < -0.4 is 4.72 Å². The molecular weight excluding hydrogens is 314 g/mol. The Morgan fingerprint density at radius 3 is 2.43 bits per heavy atom. The molecule has 2 N–H and O–H groups in total. The van der Waals surface area contributed by atoms with Gasteiger partial charge in [-0.15, -0.1) is 0 Å². The highest BCUT2D eigenvalue weighted by molar-refractivity contribution is 7.89. The normalized spacial score (nSPS) is 13.3. The third kappa shape index (κ3) is 4.22. The molecule has 126 valence electrons. The van der Waals surface area contributed by atoms with E-state index in [1.165, 1.54) is 0 Å². The van der Waals surface area contributed by atoms with Gasteiger partial charge in [0.05, 0.1) is 11.0 Å². The van der Waals surface area contributed by atoms with E-state index in [1.54, 1.807) is 32.0 Å². The summed E-state index contributed by atoms with van der Waals surface area (Å²) >= 11 is 0. The smallest absolute Gasteiger partial charge is 0.240 e. The zero-order chi connectivity index (χ0) is 17.2. The Morgan fingerprint density at radius 1 is 1.17 bits per heavy atom. The summed E-state index contributed by atoms with van der Waals surface area (Å²) in [6, 6.07) is 6.99. The lowest BCUT2D eigenvalue weighted by Crippen LogP contribution is -2.26. The lowest BCUT2D eigenvalue weighted by Gasteiger charge is -2.12. The Bertz CT molecular complexity index is 793. The molecule has 0 saturated heterocycles. The molecule has 0 fully saturated rings. The molecule has 1 atom stereocenters. The van der Waals surface area contributed by atoms with E-state index in [4.69, 9.17) is 4.42 Å². The largest absolute Gasteiger partial charge is 0.466 e. The Balaban J connectivity index is 2.01. The summed E-state index contributed by atoms with van der Waals surface area (Å²) in [5, 5.41) is 10.2. The van der Waals surface area contributed by atoms with Gasteiger partial charge in [-0.05, 0) is 51.8 Å². The van der Waals surface area contributed by atoms with E-state index in [0.717, 1.165) is 11.3 Å². The van der Waals surface area contributed by atoms with Crippen LogP contribution in [0.15, 0.2) is 33.6 Å². The average molecular weight is 337 g/mol. The molecule has 0 bridgehead atoms. The standard InChI is InChI=1S/C17H23NO4S/c1-11-5-6-17(12(2)9-11)23(20,21)18-8-7-16(19)15-10-13(3)22-14(15)4/h5-6,9-10,16,18-19H,7-8H2,1-4H3. The minimum Gasteiger partial charge on any atom is -0.466 e. The number of benzene rings is 1. The Kier molecular flexibility index (Phi) is 5.29. The number of nitrogens with one attached hydrogen (secondary N) is 1. The van der Waals surface area contributed by atoms with Gasteiger partial charge in [0.2, 0.25) is 10.0 Å². The summed E-state index contributed by atoms with van der Waals surface area (Å²) < 4.78 is 32.6. The van der Waals surface area contributed by atoms with E-state index in [0.29, 0.717) is 16.9 Å². The maximum absolute atomic E-state index is 12.3. The van der Waals surface area contributed by atoms with Crippen molar-refractivity contribution in [2.75, 3.05) is 6.54 Å². The van der Waals surface area contributed by atoms with Crippen molar-refractivity contribution in [2.45, 2.75) is 45.1 Å². The van der Waals surface area contributed by atoms with E-state index in [-0.39, 0.29) is 17.9 Å². The maximum Gasteiger partial charge on any atom is 0.240 e. The summed E-state index contributed by atoms with van der Waals surface area (Å²) in [5.41, 5.74) is 2.43. The van der Waals surface area contributed by atoms with E-state index < -0.39 is 16.1 Å². The number of sulfonamides is 1. The quantitative estimate of drug-likeness (QED) is 0.849. The topological polar surface area (TPSA) is 79.5 Å². The second-order valence-corrected chi connectivity index (χ2v) is 7.58. The van der Waals surface area contributed by atoms with Crippen molar-refractivity contribution < 1.29 is 17.9 Å². The molecule has 0 amide bonds. The van der Waals surface area contributed by atoms with Crippen LogP contribution in [-0.4, -0.2) is 20.1 Å². The molecule has 0 aliphatic heterocycles. The highest BCUT2D eigenvalue weighted by Gasteiger charge is 2.19. The van der Waals surface area contributed by atoms with E-state index in [2.05, 4.69) is 4.72 Å². The first-order valence-corrected chi connectivity index (χ1v) is 9.01. The number of furan rings is 1. The van der Waals surface area contributed by atoms with Gasteiger partial charge in [-0.2, -0.15) is 0 Å². The molecule has 23 heavy (non-hydrogen) atoms. The van der Waals surface area contributed by atoms with Crippen LogP contribution in [0.3, 0.4) is 0 Å². The molecule has 0 aliphatic rings. The third-order valence-corrected chi connectivity index (χ3v) is 5.39. The molecule has 2 aromatic rings. The SMILES string of the molecule is Cc1ccc(S(=O)(=O)NCCC(O)c2cc(C)oc2C)c(C)c1. The zero-order valence-electron chi connectivity index (χ0n) is 13.9. The van der Waals surface area contributed by atoms with Crippen molar-refractivity contribution in [1.82, 2.24) is 4.72 Å². The van der Waals surface area contributed by atoms with Gasteiger partial charge < -0.3 is 9.52 Å². The monoisotopic (exact) mass is 337 g/mol. The summed E-state index contributed by atoms with van der Waals surface area (Å²) in [6.45, 7) is 7.44. The number of rotatable bonds is 6. The lowest BCUT2D eigenvalue weighted by molar-refractivity contribution is 0.167. The predicted octanol–water partition coefficient (Wildman–Crippen LogP) is 2.92. The van der Waals surface area contributed by atoms with Crippen LogP contribution in [0.1, 0.15) is 40.7 Å². The predicted molar refractivity (Wildman–Crippen MR) is 88.9 cm³/mol. The second kappa shape index (κ2) is 6.86. The van der Waals surface area contributed by atoms with E-state index >= 15 is 0 Å². The number of hydrogen-bond donors (Lipinski definition) is 2. The minimum atomic E-state index is -3.58. The first kappa shape index (κ1) is 17.7. The van der Waals surface area contributed by atoms with Crippen LogP contribution in [0.2, 0.25) is 0 Å². The first-order valence-electron chi connectivity index (χ1n) is 7.52. The van der Waals surface area contributed by atoms with Gasteiger partial charge in [0, 0.05) is 12.1 Å². The van der Waals surface area contributed by atoms with Gasteiger partial charge in [0.1, 0.15) is 11.5 Å². The molecule has 1 aromatic carbocycles. The first-order chi connectivity index (χ1) is 10.7. The molecule has 0 saturated carbocycles. The summed E-state index contributed by atoms with van der Waals surface area (Å²) in [6.07, 6.45) is -0.474. The lowest BCUT2D eigenvalue weighted by atomic mass is 10.1. The van der Waals surface area contributed by atoms with Crippen LogP contribution in [0, 0.1) is 27.7 Å². The molecule has 1 unspecified atom stereocenters. The second-order valence-electron chi connectivity index (χ2n) is 5.84. The van der Waals surface area contributed by atoms with Gasteiger partial charge in [0.15, 0.2) is 0 Å². The Morgan fingerprint density at radius 2 is 1.87 bits per heavy atom. The van der Waals surface area contributed by atoms with Gasteiger partial charge in [-0.1, -0.05) is 17.7 Å². The Hall–Kier alpha value is -1.63. The molecule has 1 aromatic heterocycles. The molecule has 0 spiro atoms. The van der Waals surface area contributed by atoms with Crippen molar-refractivity contribution in [3.63, 3.8) is 0 Å². The molecule has 0 radical (unpaired) electrons. The molecule has 2 rings (SSSR count). The summed E-state index contributed by atoms with van der Waals surface area (Å²) in [5.74, 6) is 1.39. The van der Waals surface area contributed by atoms with E-state index in [1.807, 2.05) is 19.9 Å². The van der Waals surface area contributed by atoms with Crippen LogP contribution in [0.4, 0.5) is 0 Å². The minimum absolute atomic E-state index is 0.153. The fourth-order valence-corrected chi connectivity index (χ4v) is 3.92. The highest BCUT2D eigenvalue weighted by Crippen LogP contribution is 2.24. The zero-order valence-corrected chi connectivity index (χ0v) is 14.7. The average Bonchev–Trinajstić information content (AvgIpc) is 2.77. The number of aryl methyl sites for hydroxylation is 4. The molecule has 5 nitrogen and oxygen atoms in total. The van der Waals surface area contributed by atoms with Gasteiger partial charge >= 0.3 is 0 Å². The fourth-order valence-electron chi connectivity index (χ4n) is 2.65. The van der Waals surface area contributed by atoms with Crippen molar-refractivity contribution in [3.8, 4) is 0 Å². The van der Waals surface area contributed by atoms with Gasteiger partial charge in [-0.25, -0.2) is 13.1 Å². The van der Waals surface area contributed by atoms with Gasteiger partial charge in [0.25, 0.3) is 0 Å². The third-order valence-electron chi connectivity index (χ3n) is 3.77. The number of aliphatic hydroxyl groups is 1. The van der Waals surface area contributed by atoms with Crippen molar-refractivity contribution in [2.24, 2.45) is 0 Å². The van der Waals surface area contributed by atoms with Crippen LogP contribution >= 0.6 is 0 Å². The Labute approximate surface area is 137 Å². The molecular formula is C17H23NO4S. The van der Waals surface area contributed by atoms with Crippen LogP contribution in [0.25, 0.3) is 0 Å². The van der Waals surface area contributed by atoms with Crippen molar-refractivity contribution in [1.29, 1.82) is 0 Å². The summed E-state index contributed by atoms with van der Waals surface area (Å²) in [4.78, 5) is 0.271. The maximum atomic E-state index is 12.3. The van der Waals surface area contributed by atoms with Crippen LogP contribution in [0.5, 0.6) is 0 Å². The molecule has 0 aliphatic carbocycles. The van der Waals surface area contributed by atoms with Crippen molar-refractivity contribution >= 4 is 10.0 Å². The number of aliphatic hydroxyl groups excluding tert-OH is 1. The highest BCUT2D eigenvalue weighted by atomic mass is 32.2. The number of hydrogen-bond acceptors (Lipinski definition) is 4. The summed E-state index contributed by atoms with van der Waals surface area (Å²) in [7, 11) is -3.58.